The molecule has 1 aliphatic heterocycles. The van der Waals surface area contributed by atoms with E-state index in [2.05, 4.69) is 15.8 Å². The molecular formula is C28H38ClN3O6. The van der Waals surface area contributed by atoms with Gasteiger partial charge in [-0.15, -0.1) is 0 Å². The monoisotopic (exact) mass is 547 g/mol. The van der Waals surface area contributed by atoms with Crippen molar-refractivity contribution in [1.29, 1.82) is 0 Å². The van der Waals surface area contributed by atoms with Gasteiger partial charge in [0.1, 0.15) is 24.2 Å². The van der Waals surface area contributed by atoms with E-state index in [4.69, 9.17) is 30.5 Å². The second-order valence-electron chi connectivity index (χ2n) is 9.23. The predicted octanol–water partition coefficient (Wildman–Crippen LogP) is 3.69. The van der Waals surface area contributed by atoms with Gasteiger partial charge < -0.3 is 29.4 Å². The Balaban J connectivity index is 1.24. The average Bonchev–Trinajstić information content (AvgIpc) is 2.91. The summed E-state index contributed by atoms with van der Waals surface area (Å²) in [5.41, 5.74) is 5.21. The number of hydrazone groups is 1. The second-order valence-corrected chi connectivity index (χ2v) is 9.63. The smallest absolute Gasteiger partial charge is 0.240 e. The maximum absolute atomic E-state index is 11.3. The molecular weight excluding hydrogens is 510 g/mol. The lowest BCUT2D eigenvalue weighted by molar-refractivity contribution is -0.121. The van der Waals surface area contributed by atoms with E-state index in [1.807, 2.05) is 50.2 Å². The number of benzene rings is 2. The molecule has 10 heteroatoms. The molecule has 0 bridgehead atoms. The van der Waals surface area contributed by atoms with E-state index in [0.717, 1.165) is 23.3 Å². The Hall–Kier alpha value is -2.69. The minimum absolute atomic E-state index is 0.0793. The minimum Gasteiger partial charge on any atom is -0.492 e. The highest BCUT2D eigenvalue weighted by molar-refractivity contribution is 6.32. The third kappa shape index (κ3) is 11.0. The van der Waals surface area contributed by atoms with Gasteiger partial charge >= 0.3 is 0 Å². The van der Waals surface area contributed by atoms with E-state index < -0.39 is 6.10 Å². The van der Waals surface area contributed by atoms with Crippen LogP contribution < -0.4 is 20.2 Å². The third-order valence-corrected chi connectivity index (χ3v) is 5.91. The first-order chi connectivity index (χ1) is 18.4. The van der Waals surface area contributed by atoms with Gasteiger partial charge in [0, 0.05) is 19.4 Å². The van der Waals surface area contributed by atoms with Crippen LogP contribution in [0.3, 0.4) is 0 Å². The first kappa shape index (κ1) is 29.9. The fourth-order valence-corrected chi connectivity index (χ4v) is 3.83. The maximum Gasteiger partial charge on any atom is 0.240 e. The number of halogens is 1. The van der Waals surface area contributed by atoms with Gasteiger partial charge in [0.25, 0.3) is 0 Å². The van der Waals surface area contributed by atoms with Crippen molar-refractivity contribution in [2.75, 3.05) is 39.5 Å². The summed E-state index contributed by atoms with van der Waals surface area (Å²) >= 11 is 6.36. The number of aliphatic hydroxyl groups excluding tert-OH is 1. The quantitative estimate of drug-likeness (QED) is 0.259. The number of hydrogen-bond donors (Lipinski definition) is 3. The van der Waals surface area contributed by atoms with Crippen molar-refractivity contribution in [3.63, 3.8) is 0 Å². The van der Waals surface area contributed by atoms with E-state index in [9.17, 15) is 9.90 Å². The Bertz CT molecular complexity index is 1030. The topological polar surface area (TPSA) is 111 Å². The first-order valence-electron chi connectivity index (χ1n) is 13.0. The number of ether oxygens (including phenoxy) is 4. The van der Waals surface area contributed by atoms with Crippen LogP contribution in [-0.2, 0) is 20.9 Å². The molecule has 38 heavy (non-hydrogen) atoms. The summed E-state index contributed by atoms with van der Waals surface area (Å²) in [5, 5.41) is 18.0. The normalized spacial score (nSPS) is 14.2. The predicted molar refractivity (Wildman–Crippen MR) is 147 cm³/mol. The Morgan fingerprint density at radius 2 is 1.89 bits per heavy atom. The number of carbonyl (C=O) groups is 1. The van der Waals surface area contributed by atoms with Crippen LogP contribution in [0.5, 0.6) is 11.5 Å². The highest BCUT2D eigenvalue weighted by atomic mass is 35.5. The van der Waals surface area contributed by atoms with Crippen molar-refractivity contribution in [3.8, 4) is 11.5 Å². The van der Waals surface area contributed by atoms with E-state index in [1.54, 1.807) is 6.07 Å². The van der Waals surface area contributed by atoms with Crippen molar-refractivity contribution >= 4 is 23.2 Å². The summed E-state index contributed by atoms with van der Waals surface area (Å²) < 4.78 is 22.5. The molecule has 1 heterocycles. The number of hydrogen-bond acceptors (Lipinski definition) is 8. The van der Waals surface area contributed by atoms with Gasteiger partial charge in [-0.2, -0.15) is 5.10 Å². The molecule has 1 aliphatic rings. The number of nitrogens with one attached hydrogen (secondary N) is 2. The summed E-state index contributed by atoms with van der Waals surface area (Å²) in [6.07, 6.45) is 1.33. The number of aliphatic hydroxyl groups is 1. The molecule has 0 aliphatic carbocycles. The number of carbonyl (C=O) groups excluding carboxylic acids is 1. The van der Waals surface area contributed by atoms with Gasteiger partial charge in [-0.1, -0.05) is 23.7 Å². The van der Waals surface area contributed by atoms with Gasteiger partial charge in [-0.05, 0) is 68.3 Å². The summed E-state index contributed by atoms with van der Waals surface area (Å²) in [6.45, 7) is 7.44. The molecule has 1 amide bonds. The zero-order chi connectivity index (χ0) is 27.2. The lowest BCUT2D eigenvalue weighted by Gasteiger charge is -2.15. The fourth-order valence-electron chi connectivity index (χ4n) is 3.59. The first-order valence-corrected chi connectivity index (χ1v) is 13.4. The molecule has 9 nitrogen and oxygen atoms in total. The van der Waals surface area contributed by atoms with Gasteiger partial charge in [0.05, 0.1) is 43.3 Å². The van der Waals surface area contributed by atoms with Crippen molar-refractivity contribution < 1.29 is 28.8 Å². The van der Waals surface area contributed by atoms with Crippen LogP contribution in [0.4, 0.5) is 0 Å². The zero-order valence-electron chi connectivity index (χ0n) is 22.1. The molecule has 0 saturated heterocycles. The van der Waals surface area contributed by atoms with Gasteiger partial charge in [0.15, 0.2) is 0 Å². The molecule has 1 atom stereocenters. The van der Waals surface area contributed by atoms with Crippen molar-refractivity contribution in [2.45, 2.75) is 51.9 Å². The zero-order valence-corrected chi connectivity index (χ0v) is 22.8. The third-order valence-electron chi connectivity index (χ3n) is 5.62. The van der Waals surface area contributed by atoms with Gasteiger partial charge in [0.2, 0.25) is 5.91 Å². The highest BCUT2D eigenvalue weighted by Gasteiger charge is 2.14. The van der Waals surface area contributed by atoms with Crippen molar-refractivity contribution in [2.24, 2.45) is 5.10 Å². The standard InChI is InChI=1S/C28H38ClN3O6/c1-20(2)36-15-14-35-18-21-4-7-24(8-5-21)38-19-23(33)17-30-12-3-13-37-27-10-6-22(16-25(27)29)26-9-11-28(34)32-31-26/h4-8,10,16,20,23,30,33H,3,9,11-15,17-19H2,1-2H3,(H,32,34). The van der Waals surface area contributed by atoms with E-state index in [0.29, 0.717) is 68.9 Å². The lowest BCUT2D eigenvalue weighted by atomic mass is 10.0. The number of nitrogens with zero attached hydrogens (tertiary/aromatic N) is 1. The molecule has 0 fully saturated rings. The molecule has 0 spiro atoms. The fraction of sp³-hybridized carbons (Fsp3) is 0.500. The summed E-state index contributed by atoms with van der Waals surface area (Å²) in [6, 6.07) is 13.1. The highest BCUT2D eigenvalue weighted by Crippen LogP contribution is 2.27. The average molecular weight is 548 g/mol. The van der Waals surface area contributed by atoms with Gasteiger partial charge in [-0.25, -0.2) is 5.43 Å². The summed E-state index contributed by atoms with van der Waals surface area (Å²) in [7, 11) is 0. The van der Waals surface area contributed by atoms with E-state index in [-0.39, 0.29) is 18.6 Å². The molecule has 3 rings (SSSR count). The Morgan fingerprint density at radius 1 is 1.08 bits per heavy atom. The number of rotatable bonds is 17. The minimum atomic E-state index is -0.630. The van der Waals surface area contributed by atoms with E-state index in [1.165, 1.54) is 0 Å². The molecule has 208 valence electrons. The molecule has 3 N–H and O–H groups in total. The van der Waals surface area contributed by atoms with Crippen LogP contribution >= 0.6 is 11.6 Å². The van der Waals surface area contributed by atoms with Crippen LogP contribution in [0.25, 0.3) is 0 Å². The number of amides is 1. The summed E-state index contributed by atoms with van der Waals surface area (Å²) in [5.74, 6) is 1.22. The van der Waals surface area contributed by atoms with Crippen LogP contribution in [-0.4, -0.2) is 68.5 Å². The van der Waals surface area contributed by atoms with Crippen LogP contribution in [0, 0.1) is 0 Å². The Morgan fingerprint density at radius 3 is 2.61 bits per heavy atom. The molecule has 1 unspecified atom stereocenters. The van der Waals surface area contributed by atoms with Crippen LogP contribution in [0.1, 0.15) is 44.2 Å². The lowest BCUT2D eigenvalue weighted by Crippen LogP contribution is -2.32. The maximum atomic E-state index is 11.3. The Kier molecular flexibility index (Phi) is 12.8. The van der Waals surface area contributed by atoms with E-state index >= 15 is 0 Å². The Labute approximate surface area is 229 Å². The molecule has 2 aromatic carbocycles. The molecule has 2 aromatic rings. The molecule has 0 saturated carbocycles. The second kappa shape index (κ2) is 16.3. The van der Waals surface area contributed by atoms with Crippen LogP contribution in [0.15, 0.2) is 47.6 Å². The molecule has 0 aromatic heterocycles. The molecule has 0 radical (unpaired) electrons. The van der Waals surface area contributed by atoms with Crippen molar-refractivity contribution in [3.05, 3.63) is 58.6 Å². The SMILES string of the molecule is CC(C)OCCOCc1ccc(OCC(O)CNCCCOc2ccc(C3=NNC(=O)CC3)cc2Cl)cc1. The van der Waals surface area contributed by atoms with Crippen molar-refractivity contribution in [1.82, 2.24) is 10.7 Å². The van der Waals surface area contributed by atoms with Crippen LogP contribution in [0.2, 0.25) is 5.02 Å². The largest absolute Gasteiger partial charge is 0.492 e. The summed E-state index contributed by atoms with van der Waals surface area (Å²) in [4.78, 5) is 11.3. The van der Waals surface area contributed by atoms with Gasteiger partial charge in [-0.3, -0.25) is 4.79 Å².